The number of pyridine rings is 4. The number of nitro groups is 1. The second-order valence-corrected chi connectivity index (χ2v) is 31.4. The summed E-state index contributed by atoms with van der Waals surface area (Å²) in [5.74, 6) is -1.41. The lowest BCUT2D eigenvalue weighted by Gasteiger charge is -2.17. The van der Waals surface area contributed by atoms with Crippen LogP contribution in [0.2, 0.25) is 0 Å². The van der Waals surface area contributed by atoms with Crippen molar-refractivity contribution in [1.29, 1.82) is 0 Å². The molecule has 0 fully saturated rings. The molecule has 566 valence electrons. The Morgan fingerprint density at radius 2 is 0.769 bits per heavy atom. The fraction of sp³-hybridized carbons (Fsp3) is 0.275. The molecule has 0 aliphatic carbocycles. The molecule has 0 aliphatic rings. The summed E-state index contributed by atoms with van der Waals surface area (Å²) in [5.41, 5.74) is 5.09. The first-order valence-electron chi connectivity index (χ1n) is 34.3. The molecule has 0 saturated heterocycles. The topological polar surface area (TPSA) is 241 Å². The maximum Gasteiger partial charge on any atom is 0.356 e. The minimum absolute atomic E-state index is 0.0173. The second kappa shape index (κ2) is 40.6. The number of carbonyl (C=O) groups is 4. The lowest BCUT2D eigenvalue weighted by molar-refractivity contribution is -0.383. The Kier molecular flexibility index (Phi) is 31.9. The molecule has 0 radical (unpaired) electrons. The smallest absolute Gasteiger partial charge is 0.356 e. The Morgan fingerprint density at radius 3 is 1.16 bits per heavy atom. The molecule has 0 spiro atoms. The van der Waals surface area contributed by atoms with Gasteiger partial charge in [-0.3, -0.25) is 24.5 Å². The Bertz CT molecular complexity index is 5080. The summed E-state index contributed by atoms with van der Waals surface area (Å²) in [5, 5.41) is 25.5. The number of ether oxygens (including phenoxy) is 4. The number of non-ortho nitro benzene ring substituents is 1. The predicted molar refractivity (Wildman–Crippen MR) is 443 cm³/mol. The van der Waals surface area contributed by atoms with Gasteiger partial charge in [0.05, 0.1) is 76.5 Å². The fourth-order valence-corrected chi connectivity index (χ4v) is 11.3. The average Bonchev–Trinajstić information content (AvgIpc) is 1.48. The molecular weight excluding hydrogens is 1570 g/mol. The van der Waals surface area contributed by atoms with Crippen molar-refractivity contribution in [2.75, 3.05) is 42.9 Å². The van der Waals surface area contributed by atoms with Gasteiger partial charge < -0.3 is 39.5 Å². The molecule has 5 aromatic heterocycles. The number of amides is 3. The van der Waals surface area contributed by atoms with E-state index in [1.807, 2.05) is 96.1 Å². The highest BCUT2D eigenvalue weighted by molar-refractivity contribution is 6.63. The van der Waals surface area contributed by atoms with E-state index >= 15 is 4.79 Å². The first kappa shape index (κ1) is 84.9. The molecule has 0 aliphatic heterocycles. The molecule has 108 heavy (non-hydrogen) atoms. The van der Waals surface area contributed by atoms with Crippen molar-refractivity contribution in [3.05, 3.63) is 203 Å². The Morgan fingerprint density at radius 1 is 0.435 bits per heavy atom. The number of esters is 1. The normalized spacial score (nSPS) is 11.1. The summed E-state index contributed by atoms with van der Waals surface area (Å²) < 4.78 is 23.6. The number of fused-ring (bicyclic) bond motifs is 7. The lowest BCUT2D eigenvalue weighted by atomic mass is 9.98. The van der Waals surface area contributed by atoms with Gasteiger partial charge >= 0.3 is 5.97 Å². The van der Waals surface area contributed by atoms with E-state index in [0.717, 1.165) is 33.1 Å². The van der Waals surface area contributed by atoms with Crippen molar-refractivity contribution in [1.82, 2.24) is 24.5 Å². The number of para-hydroxylation sites is 6. The third-order valence-corrected chi connectivity index (χ3v) is 15.9. The van der Waals surface area contributed by atoms with Crippen molar-refractivity contribution in [3.8, 4) is 34.1 Å². The number of halogens is 9. The third-order valence-electron chi connectivity index (χ3n) is 15.9. The molecule has 3 N–H and O–H groups in total. The number of aromatic nitrogens is 5. The Hall–Kier alpha value is -8.73. The van der Waals surface area contributed by atoms with Crippen LogP contribution in [0.5, 0.6) is 17.2 Å². The molecular formula is C80H78Cl9N9O10. The summed E-state index contributed by atoms with van der Waals surface area (Å²) in [7, 11) is 1.26. The molecule has 5 heterocycles. The minimum atomic E-state index is -0.750. The Labute approximate surface area is 670 Å². The van der Waals surface area contributed by atoms with Crippen LogP contribution >= 0.6 is 104 Å². The van der Waals surface area contributed by atoms with Gasteiger partial charge in [-0.15, -0.1) is 0 Å². The fourth-order valence-electron chi connectivity index (χ4n) is 11.3. The van der Waals surface area contributed by atoms with Crippen molar-refractivity contribution < 1.29 is 43.0 Å². The molecule has 0 saturated carbocycles. The van der Waals surface area contributed by atoms with Crippen LogP contribution < -0.4 is 30.2 Å². The summed E-state index contributed by atoms with van der Waals surface area (Å²) >= 11 is 43.3. The van der Waals surface area contributed by atoms with E-state index in [9.17, 15) is 24.5 Å². The van der Waals surface area contributed by atoms with Gasteiger partial charge in [0.2, 0.25) is 0 Å². The molecule has 19 nitrogen and oxygen atoms in total. The van der Waals surface area contributed by atoms with Gasteiger partial charge in [0.1, 0.15) is 34.3 Å². The van der Waals surface area contributed by atoms with Gasteiger partial charge in [0, 0.05) is 62.3 Å². The van der Waals surface area contributed by atoms with Gasteiger partial charge in [0.25, 0.3) is 23.4 Å². The number of benzene rings is 7. The minimum Gasteiger partial charge on any atom is -0.493 e. The number of carbonyl (C=O) groups excluding carboxylic acids is 4. The highest BCUT2D eigenvalue weighted by Gasteiger charge is 2.26. The number of nitrogens with zero attached hydrogens (tertiary/aromatic N) is 6. The largest absolute Gasteiger partial charge is 0.493 e. The van der Waals surface area contributed by atoms with E-state index in [1.54, 1.807) is 66.7 Å². The van der Waals surface area contributed by atoms with Crippen LogP contribution in [-0.2, 0) is 4.74 Å². The third kappa shape index (κ3) is 22.7. The van der Waals surface area contributed by atoms with E-state index in [2.05, 4.69) is 68.6 Å². The van der Waals surface area contributed by atoms with Crippen LogP contribution in [0.25, 0.3) is 82.2 Å². The van der Waals surface area contributed by atoms with Crippen LogP contribution in [0.4, 0.5) is 22.7 Å². The number of anilines is 3. The van der Waals surface area contributed by atoms with Gasteiger partial charge in [-0.05, 0) is 95.6 Å². The zero-order chi connectivity index (χ0) is 78.5. The van der Waals surface area contributed by atoms with E-state index in [-0.39, 0.29) is 104 Å². The summed E-state index contributed by atoms with van der Waals surface area (Å²) in [6.07, 6.45) is 5.54. The standard InChI is InChI=1S/C71H61N9O10.C6H14.3CHCl3/c1-39(2)36-88-61-33-55(69(82)78-53-24-14-20-48-63(90-38-41(5)6)35-57(71(84)87-7)75-66(48)53)73-65-47(61)19-13-23-52(65)77-68(81)54-32-50(42-28-30-43(31-29-42)79-58-25-10-8-16-44(58)45-17-9-11-26-59(45)79)46-18-12-22-51(64(46)72-54)76-70(83)56-34-62(89-37-40(3)4)49-21-15-27-60(80(85)86)67(49)74-56;1-3-5-6-4-2;3*2-1(3)4/h8-35,39-41H,36-38H2,1-7H3,(H,76,83)(H,77,81)(H,78,82);3-6H2,1-2H3;3*1H. The maximum atomic E-state index is 15.2. The Balaban J connectivity index is 0.000000734. The SMILES string of the molecule is CCCCCC.COC(=O)c1cc(OCC(C)C)c2cccc(NC(=O)c3cc(OCC(C)C)c4cccc(NC(=O)c5cc(-c6ccc(-n7c8ccccc8c8ccccc87)cc6)c6cccc(NC(=O)c7cc(OCC(C)C)c8cccc([N+](=O)[O-])c8n7)c6n5)c4n3)c2n1.ClC(Cl)Cl.ClC(Cl)Cl.ClC(Cl)Cl. The number of alkyl halides is 9. The second-order valence-electron chi connectivity index (χ2n) is 25.4. The first-order valence-corrected chi connectivity index (χ1v) is 38.2. The number of methoxy groups -OCH3 is 1. The van der Waals surface area contributed by atoms with E-state index in [1.165, 1.54) is 57.1 Å². The van der Waals surface area contributed by atoms with E-state index < -0.39 is 41.5 Å². The molecule has 0 unspecified atom stereocenters. The lowest BCUT2D eigenvalue weighted by Crippen LogP contribution is -2.18. The van der Waals surface area contributed by atoms with E-state index in [4.69, 9.17) is 133 Å². The first-order chi connectivity index (χ1) is 51.6. The molecule has 12 rings (SSSR count). The number of unbranched alkanes of at least 4 members (excludes halogenated alkanes) is 3. The number of rotatable bonds is 22. The molecule has 0 atom stereocenters. The summed E-state index contributed by atoms with van der Waals surface area (Å²) in [4.78, 5) is 88.1. The molecule has 28 heteroatoms. The van der Waals surface area contributed by atoms with Crippen LogP contribution in [-0.4, -0.2) is 92.9 Å². The molecule has 7 aromatic carbocycles. The van der Waals surface area contributed by atoms with Crippen molar-refractivity contribution in [2.45, 2.75) is 94.0 Å². The quantitative estimate of drug-likeness (QED) is 0.0188. The van der Waals surface area contributed by atoms with E-state index in [0.29, 0.717) is 45.2 Å². The van der Waals surface area contributed by atoms with Gasteiger partial charge in [-0.1, -0.05) is 264 Å². The van der Waals surface area contributed by atoms with Crippen LogP contribution in [0.1, 0.15) is 123 Å². The zero-order valence-electron chi connectivity index (χ0n) is 60.2. The van der Waals surface area contributed by atoms with Crippen LogP contribution in [0.15, 0.2) is 170 Å². The van der Waals surface area contributed by atoms with Gasteiger partial charge in [-0.25, -0.2) is 24.7 Å². The number of nitro benzene ring substituents is 1. The monoisotopic (exact) mass is 1640 g/mol. The number of nitrogens with one attached hydrogen (secondary N) is 3. The van der Waals surface area contributed by atoms with Crippen molar-refractivity contribution in [2.24, 2.45) is 17.8 Å². The molecule has 12 aromatic rings. The average molecular weight is 1640 g/mol. The molecule has 0 bridgehead atoms. The zero-order valence-corrected chi connectivity index (χ0v) is 67.1. The summed E-state index contributed by atoms with van der Waals surface area (Å²) in [6.45, 7) is 17.3. The van der Waals surface area contributed by atoms with Crippen LogP contribution in [0.3, 0.4) is 0 Å². The van der Waals surface area contributed by atoms with Crippen molar-refractivity contribution >= 4 is 216 Å². The van der Waals surface area contributed by atoms with Gasteiger partial charge in [0.15, 0.2) is 24.1 Å². The maximum absolute atomic E-state index is 15.2. The van der Waals surface area contributed by atoms with Crippen molar-refractivity contribution in [3.63, 3.8) is 0 Å². The summed E-state index contributed by atoms with van der Waals surface area (Å²) in [6, 6.07) is 50.7. The highest BCUT2D eigenvalue weighted by atomic mass is 35.6. The van der Waals surface area contributed by atoms with Gasteiger partial charge in [-0.2, -0.15) is 0 Å². The molecule has 3 amide bonds. The van der Waals surface area contributed by atoms with Crippen LogP contribution in [0, 0.1) is 27.9 Å². The number of hydrogen-bond acceptors (Lipinski definition) is 14. The highest BCUT2D eigenvalue weighted by Crippen LogP contribution is 2.39. The number of hydrogen-bond donors (Lipinski definition) is 3. The predicted octanol–water partition coefficient (Wildman–Crippen LogP) is 23.7.